The molecule has 2 aromatic rings. The lowest BCUT2D eigenvalue weighted by Gasteiger charge is -2.08. The maximum atomic E-state index is 13.5. The van der Waals surface area contributed by atoms with Crippen molar-refractivity contribution in [1.29, 1.82) is 0 Å². The molecule has 102 valence electrons. The van der Waals surface area contributed by atoms with E-state index in [2.05, 4.69) is 15.9 Å². The highest BCUT2D eigenvalue weighted by molar-refractivity contribution is 9.10. The van der Waals surface area contributed by atoms with Crippen molar-refractivity contribution in [2.75, 3.05) is 0 Å². The monoisotopic (exact) mass is 334 g/mol. The Kier molecular flexibility index (Phi) is 3.57. The van der Waals surface area contributed by atoms with Gasteiger partial charge in [0.25, 0.3) is 0 Å². The van der Waals surface area contributed by atoms with E-state index in [0.29, 0.717) is 16.9 Å². The molecule has 0 bridgehead atoms. The Morgan fingerprint density at radius 2 is 1.95 bits per heavy atom. The van der Waals surface area contributed by atoms with Gasteiger partial charge < -0.3 is 4.74 Å². The minimum absolute atomic E-state index is 0.193. The van der Waals surface area contributed by atoms with Crippen LogP contribution in [-0.4, -0.2) is 11.9 Å². The minimum atomic E-state index is -0.443. The number of rotatable bonds is 4. The molecule has 0 heterocycles. The zero-order valence-corrected chi connectivity index (χ0v) is 12.2. The highest BCUT2D eigenvalue weighted by Gasteiger charge is 2.24. The lowest BCUT2D eigenvalue weighted by atomic mass is 10.0. The van der Waals surface area contributed by atoms with Crippen LogP contribution in [-0.2, 0) is 0 Å². The lowest BCUT2D eigenvalue weighted by Crippen LogP contribution is -2.04. The predicted molar refractivity (Wildman–Crippen MR) is 77.6 cm³/mol. The van der Waals surface area contributed by atoms with Gasteiger partial charge in [0.1, 0.15) is 11.6 Å². The van der Waals surface area contributed by atoms with Gasteiger partial charge in [0.2, 0.25) is 0 Å². The maximum absolute atomic E-state index is 13.5. The van der Waals surface area contributed by atoms with Crippen molar-refractivity contribution >= 4 is 21.7 Å². The summed E-state index contributed by atoms with van der Waals surface area (Å²) in [6.45, 7) is 0. The summed E-state index contributed by atoms with van der Waals surface area (Å²) < 4.78 is 19.4. The van der Waals surface area contributed by atoms with E-state index in [-0.39, 0.29) is 16.4 Å². The quantitative estimate of drug-likeness (QED) is 0.776. The number of carbonyl (C=O) groups is 1. The van der Waals surface area contributed by atoms with Crippen molar-refractivity contribution in [3.05, 3.63) is 63.9 Å². The molecular weight excluding hydrogens is 323 g/mol. The molecule has 2 aromatic carbocycles. The Balaban J connectivity index is 1.91. The number of halogens is 2. The van der Waals surface area contributed by atoms with Crippen LogP contribution in [0.5, 0.6) is 5.75 Å². The average molecular weight is 335 g/mol. The first-order valence-corrected chi connectivity index (χ1v) is 7.20. The first-order chi connectivity index (χ1) is 9.65. The third-order valence-corrected chi connectivity index (χ3v) is 3.93. The second kappa shape index (κ2) is 5.37. The van der Waals surface area contributed by atoms with E-state index in [1.165, 1.54) is 12.1 Å². The molecule has 0 aliphatic heterocycles. The van der Waals surface area contributed by atoms with Crippen molar-refractivity contribution in [1.82, 2.24) is 0 Å². The van der Waals surface area contributed by atoms with Crippen molar-refractivity contribution in [3.63, 3.8) is 0 Å². The van der Waals surface area contributed by atoms with Crippen LogP contribution in [0.25, 0.3) is 0 Å². The number of hydrogen-bond donors (Lipinski definition) is 0. The van der Waals surface area contributed by atoms with E-state index >= 15 is 0 Å². The molecule has 0 atom stereocenters. The van der Waals surface area contributed by atoms with E-state index in [1.807, 2.05) is 6.07 Å². The molecular formula is C16H12BrFO2. The highest BCUT2D eigenvalue weighted by atomic mass is 79.9. The van der Waals surface area contributed by atoms with Crippen LogP contribution < -0.4 is 4.74 Å². The first-order valence-electron chi connectivity index (χ1n) is 6.40. The summed E-state index contributed by atoms with van der Waals surface area (Å²) in [6, 6.07) is 11.5. The summed E-state index contributed by atoms with van der Waals surface area (Å²) in [5.41, 5.74) is 0.808. The van der Waals surface area contributed by atoms with Gasteiger partial charge in [0, 0.05) is 11.1 Å². The van der Waals surface area contributed by atoms with Crippen LogP contribution >= 0.6 is 15.9 Å². The van der Waals surface area contributed by atoms with Crippen molar-refractivity contribution in [3.8, 4) is 5.75 Å². The van der Waals surface area contributed by atoms with Crippen LogP contribution in [0, 0.1) is 5.82 Å². The molecule has 1 saturated carbocycles. The van der Waals surface area contributed by atoms with Crippen molar-refractivity contribution in [2.24, 2.45) is 0 Å². The molecule has 1 aliphatic rings. The Labute approximate surface area is 124 Å². The van der Waals surface area contributed by atoms with Crippen LogP contribution in [0.3, 0.4) is 0 Å². The van der Waals surface area contributed by atoms with Crippen molar-refractivity contribution < 1.29 is 13.9 Å². The zero-order chi connectivity index (χ0) is 14.1. The Morgan fingerprint density at radius 3 is 2.70 bits per heavy atom. The first kappa shape index (κ1) is 13.3. The summed E-state index contributed by atoms with van der Waals surface area (Å²) in [7, 11) is 0. The van der Waals surface area contributed by atoms with Gasteiger partial charge in [-0.2, -0.15) is 0 Å². The number of ketones is 1. The fraction of sp³-hybridized carbons (Fsp3) is 0.188. The number of ether oxygens (including phenoxy) is 1. The van der Waals surface area contributed by atoms with Crippen molar-refractivity contribution in [2.45, 2.75) is 18.9 Å². The number of benzene rings is 2. The van der Waals surface area contributed by atoms with Crippen LogP contribution in [0.1, 0.15) is 28.8 Å². The molecule has 0 unspecified atom stereocenters. The molecule has 0 radical (unpaired) electrons. The van der Waals surface area contributed by atoms with Crippen LogP contribution in [0.15, 0.2) is 46.9 Å². The SMILES string of the molecule is O=C(c1cccc(OC2CC2)c1)c1cccc(F)c1Br. The molecule has 0 saturated heterocycles. The number of hydrogen-bond acceptors (Lipinski definition) is 2. The van der Waals surface area contributed by atoms with Gasteiger partial charge in [-0.3, -0.25) is 4.79 Å². The smallest absolute Gasteiger partial charge is 0.194 e. The molecule has 0 amide bonds. The number of carbonyl (C=O) groups excluding carboxylic acids is 1. The van der Waals surface area contributed by atoms with E-state index in [4.69, 9.17) is 4.74 Å². The summed E-state index contributed by atoms with van der Waals surface area (Å²) >= 11 is 3.12. The highest BCUT2D eigenvalue weighted by Crippen LogP contribution is 2.28. The summed E-state index contributed by atoms with van der Waals surface area (Å²) in [4.78, 5) is 12.4. The molecule has 0 aromatic heterocycles. The van der Waals surface area contributed by atoms with Gasteiger partial charge in [-0.25, -0.2) is 4.39 Å². The molecule has 4 heteroatoms. The van der Waals surface area contributed by atoms with E-state index in [9.17, 15) is 9.18 Å². The van der Waals surface area contributed by atoms with Gasteiger partial charge in [-0.05, 0) is 53.0 Å². The molecule has 3 rings (SSSR count). The molecule has 2 nitrogen and oxygen atoms in total. The fourth-order valence-electron chi connectivity index (χ4n) is 1.92. The molecule has 0 N–H and O–H groups in total. The Morgan fingerprint density at radius 1 is 1.20 bits per heavy atom. The Bertz CT molecular complexity index is 665. The summed E-state index contributed by atoms with van der Waals surface area (Å²) in [5, 5.41) is 0. The van der Waals surface area contributed by atoms with Gasteiger partial charge >= 0.3 is 0 Å². The second-order valence-corrected chi connectivity index (χ2v) is 5.57. The summed E-state index contributed by atoms with van der Waals surface area (Å²) in [5.74, 6) is 0.0183. The van der Waals surface area contributed by atoms with Gasteiger partial charge in [0.15, 0.2) is 5.78 Å². The topological polar surface area (TPSA) is 26.3 Å². The molecule has 1 aliphatic carbocycles. The van der Waals surface area contributed by atoms with Gasteiger partial charge in [0.05, 0.1) is 10.6 Å². The maximum Gasteiger partial charge on any atom is 0.194 e. The van der Waals surface area contributed by atoms with Gasteiger partial charge in [-0.1, -0.05) is 18.2 Å². The molecule has 20 heavy (non-hydrogen) atoms. The van der Waals surface area contributed by atoms with E-state index in [0.717, 1.165) is 12.8 Å². The average Bonchev–Trinajstić information content (AvgIpc) is 3.25. The predicted octanol–water partition coefficient (Wildman–Crippen LogP) is 4.36. The van der Waals surface area contributed by atoms with Crippen LogP contribution in [0.2, 0.25) is 0 Å². The second-order valence-electron chi connectivity index (χ2n) is 4.78. The zero-order valence-electron chi connectivity index (χ0n) is 10.6. The van der Waals surface area contributed by atoms with E-state index < -0.39 is 5.82 Å². The minimum Gasteiger partial charge on any atom is -0.490 e. The summed E-state index contributed by atoms with van der Waals surface area (Å²) in [6.07, 6.45) is 2.41. The van der Waals surface area contributed by atoms with Crippen LogP contribution in [0.4, 0.5) is 4.39 Å². The standard InChI is InChI=1S/C16H12BrFO2/c17-15-13(5-2-6-14(15)18)16(19)10-3-1-4-12(9-10)20-11-7-8-11/h1-6,9,11H,7-8H2. The van der Waals surface area contributed by atoms with E-state index in [1.54, 1.807) is 24.3 Å². The largest absolute Gasteiger partial charge is 0.490 e. The Hall–Kier alpha value is -1.68. The molecule has 0 spiro atoms. The fourth-order valence-corrected chi connectivity index (χ4v) is 2.37. The molecule has 1 fully saturated rings. The lowest BCUT2D eigenvalue weighted by molar-refractivity contribution is 0.103. The third-order valence-electron chi connectivity index (χ3n) is 3.12. The normalized spacial score (nSPS) is 14.1. The third kappa shape index (κ3) is 2.75. The van der Waals surface area contributed by atoms with Gasteiger partial charge in [-0.15, -0.1) is 0 Å².